The second-order valence-electron chi connectivity index (χ2n) is 6.50. The molecule has 1 fully saturated rings. The Morgan fingerprint density at radius 1 is 1.20 bits per heavy atom. The third kappa shape index (κ3) is 4.47. The summed E-state index contributed by atoms with van der Waals surface area (Å²) < 4.78 is 39.3. The van der Waals surface area contributed by atoms with Crippen LogP contribution < -0.4 is 4.90 Å². The predicted octanol–water partition coefficient (Wildman–Crippen LogP) is 4.20. The number of hydrogen-bond acceptors (Lipinski definition) is 7. The van der Waals surface area contributed by atoms with Gasteiger partial charge in [-0.05, 0) is 17.5 Å². The molecule has 0 saturated carbocycles. The maximum Gasteiger partial charge on any atom is 0.417 e. The highest BCUT2D eigenvalue weighted by Gasteiger charge is 2.32. The molecule has 4 heterocycles. The third-order valence-electron chi connectivity index (χ3n) is 4.62. The molecule has 4 rings (SSSR count). The van der Waals surface area contributed by atoms with Gasteiger partial charge in [0.2, 0.25) is 5.91 Å². The van der Waals surface area contributed by atoms with Gasteiger partial charge in [-0.2, -0.15) is 13.2 Å². The summed E-state index contributed by atoms with van der Waals surface area (Å²) in [6, 6.07) is 2.79. The number of alkyl halides is 3. The van der Waals surface area contributed by atoms with Gasteiger partial charge in [-0.1, -0.05) is 23.4 Å². The number of halogens is 4. The average molecular weight is 474 g/mol. The lowest BCUT2D eigenvalue weighted by atomic mass is 10.2. The number of fused-ring (bicyclic) bond motifs is 1. The number of hydrogen-bond donors (Lipinski definition) is 0. The predicted molar refractivity (Wildman–Crippen MR) is 111 cm³/mol. The van der Waals surface area contributed by atoms with Gasteiger partial charge in [-0.15, -0.1) is 11.3 Å². The van der Waals surface area contributed by atoms with E-state index in [1.807, 2.05) is 11.4 Å². The molecule has 1 amide bonds. The van der Waals surface area contributed by atoms with E-state index < -0.39 is 11.7 Å². The number of carbonyl (C=O) groups is 1. The van der Waals surface area contributed by atoms with Crippen molar-refractivity contribution >= 4 is 56.6 Å². The first-order valence-electron chi connectivity index (χ1n) is 8.89. The van der Waals surface area contributed by atoms with Crippen molar-refractivity contribution in [3.63, 3.8) is 0 Å². The molecule has 6 nitrogen and oxygen atoms in total. The van der Waals surface area contributed by atoms with Crippen LogP contribution in [0.5, 0.6) is 0 Å². The molecule has 0 radical (unpaired) electrons. The Kier molecular flexibility index (Phi) is 6.03. The molecule has 1 saturated heterocycles. The summed E-state index contributed by atoms with van der Waals surface area (Å²) in [4.78, 5) is 28.5. The molecule has 0 atom stereocenters. The molecular weight excluding hydrogens is 459 g/mol. The summed E-state index contributed by atoms with van der Waals surface area (Å²) in [5.74, 6) is 0.533. The van der Waals surface area contributed by atoms with Gasteiger partial charge in [0, 0.05) is 32.4 Å². The highest BCUT2D eigenvalue weighted by Crippen LogP contribution is 2.34. The van der Waals surface area contributed by atoms with Gasteiger partial charge in [-0.25, -0.2) is 15.0 Å². The van der Waals surface area contributed by atoms with Crippen LogP contribution in [0.3, 0.4) is 0 Å². The third-order valence-corrected chi connectivity index (χ3v) is 6.92. The molecule has 0 spiro atoms. The SMILES string of the molecule is O=C(CSc1ncnc2ccsc12)N1CCN(c2ncc(C(F)(F)F)cc2Cl)CC1. The topological polar surface area (TPSA) is 62.2 Å². The van der Waals surface area contributed by atoms with Crippen molar-refractivity contribution in [2.24, 2.45) is 0 Å². The molecule has 3 aromatic heterocycles. The molecule has 158 valence electrons. The van der Waals surface area contributed by atoms with Crippen LogP contribution in [-0.4, -0.2) is 57.7 Å². The summed E-state index contributed by atoms with van der Waals surface area (Å²) in [5.41, 5.74) is -0.0221. The van der Waals surface area contributed by atoms with Crippen LogP contribution in [-0.2, 0) is 11.0 Å². The number of carbonyl (C=O) groups excluding carboxylic acids is 1. The molecule has 0 aromatic carbocycles. The van der Waals surface area contributed by atoms with Crippen LogP contribution in [0, 0.1) is 0 Å². The van der Waals surface area contributed by atoms with Crippen LogP contribution in [0.25, 0.3) is 10.2 Å². The zero-order chi connectivity index (χ0) is 21.3. The summed E-state index contributed by atoms with van der Waals surface area (Å²) >= 11 is 8.93. The van der Waals surface area contributed by atoms with E-state index in [0.717, 1.165) is 27.5 Å². The lowest BCUT2D eigenvalue weighted by Gasteiger charge is -2.35. The monoisotopic (exact) mass is 473 g/mol. The van der Waals surface area contributed by atoms with E-state index >= 15 is 0 Å². The van der Waals surface area contributed by atoms with Gasteiger partial charge in [0.15, 0.2) is 0 Å². The van der Waals surface area contributed by atoms with Gasteiger partial charge in [0.1, 0.15) is 17.2 Å². The Bertz CT molecular complexity index is 1070. The molecule has 3 aromatic rings. The van der Waals surface area contributed by atoms with E-state index in [2.05, 4.69) is 15.0 Å². The van der Waals surface area contributed by atoms with Gasteiger partial charge >= 0.3 is 6.18 Å². The maximum atomic E-state index is 12.8. The molecule has 0 N–H and O–H groups in total. The van der Waals surface area contributed by atoms with E-state index in [9.17, 15) is 18.0 Å². The van der Waals surface area contributed by atoms with E-state index in [1.165, 1.54) is 29.4 Å². The minimum absolute atomic E-state index is 0.0190. The molecule has 30 heavy (non-hydrogen) atoms. The zero-order valence-electron chi connectivity index (χ0n) is 15.4. The second kappa shape index (κ2) is 8.56. The van der Waals surface area contributed by atoms with E-state index in [4.69, 9.17) is 11.6 Å². The van der Waals surface area contributed by atoms with Gasteiger partial charge in [-0.3, -0.25) is 4.79 Å². The minimum Gasteiger partial charge on any atom is -0.352 e. The van der Waals surface area contributed by atoms with Gasteiger partial charge in [0.25, 0.3) is 0 Å². The summed E-state index contributed by atoms with van der Waals surface area (Å²) in [6.07, 6.45) is -2.22. The number of pyridine rings is 1. The Morgan fingerprint density at radius 3 is 2.67 bits per heavy atom. The van der Waals surface area contributed by atoms with Crippen molar-refractivity contribution in [3.05, 3.63) is 40.6 Å². The first-order valence-corrected chi connectivity index (χ1v) is 11.1. The van der Waals surface area contributed by atoms with Crippen molar-refractivity contribution in [3.8, 4) is 0 Å². The van der Waals surface area contributed by atoms with Gasteiger partial charge < -0.3 is 9.80 Å². The molecule has 0 bridgehead atoms. The largest absolute Gasteiger partial charge is 0.417 e. The number of nitrogens with zero attached hydrogens (tertiary/aromatic N) is 5. The molecule has 12 heteroatoms. The highest BCUT2D eigenvalue weighted by molar-refractivity contribution is 8.00. The summed E-state index contributed by atoms with van der Waals surface area (Å²) in [6.45, 7) is 1.77. The Labute approximate surface area is 183 Å². The first kappa shape index (κ1) is 21.1. The minimum atomic E-state index is -4.49. The Hall–Kier alpha value is -2.11. The smallest absolute Gasteiger partial charge is 0.352 e. The standard InChI is InChI=1S/C18H15ClF3N5OS2/c19-12-7-11(18(20,21)22)8-23-16(12)27-4-2-26(3-5-27)14(28)9-30-17-15-13(1-6-29-15)24-10-25-17/h1,6-8,10H,2-5,9H2. The normalized spacial score (nSPS) is 15.1. The Balaban J connectivity index is 1.34. The van der Waals surface area contributed by atoms with Gasteiger partial charge in [0.05, 0.1) is 26.6 Å². The molecule has 1 aliphatic rings. The maximum absolute atomic E-state index is 12.8. The van der Waals surface area contributed by atoms with E-state index in [1.54, 1.807) is 9.80 Å². The molecular formula is C18H15ClF3N5OS2. The number of piperazine rings is 1. The van der Waals surface area contributed by atoms with Crippen LogP contribution >= 0.6 is 34.7 Å². The number of amides is 1. The van der Waals surface area contributed by atoms with Crippen molar-refractivity contribution in [2.75, 3.05) is 36.8 Å². The fourth-order valence-corrected chi connectivity index (χ4v) is 5.21. The molecule has 1 aliphatic heterocycles. The van der Waals surface area contributed by atoms with Crippen molar-refractivity contribution in [1.82, 2.24) is 19.9 Å². The second-order valence-corrected chi connectivity index (χ2v) is 8.78. The summed E-state index contributed by atoms with van der Waals surface area (Å²) in [7, 11) is 0. The molecule has 0 aliphatic carbocycles. The van der Waals surface area contributed by atoms with Crippen LogP contribution in [0.2, 0.25) is 5.02 Å². The number of aromatic nitrogens is 3. The zero-order valence-corrected chi connectivity index (χ0v) is 17.8. The van der Waals surface area contributed by atoms with Crippen molar-refractivity contribution < 1.29 is 18.0 Å². The molecule has 0 unspecified atom stereocenters. The van der Waals surface area contributed by atoms with Crippen LogP contribution in [0.1, 0.15) is 5.56 Å². The number of thioether (sulfide) groups is 1. The fraction of sp³-hybridized carbons (Fsp3) is 0.333. The van der Waals surface area contributed by atoms with Crippen molar-refractivity contribution in [2.45, 2.75) is 11.2 Å². The van der Waals surface area contributed by atoms with E-state index in [0.29, 0.717) is 32.0 Å². The number of anilines is 1. The first-order chi connectivity index (χ1) is 14.3. The number of rotatable bonds is 4. The Morgan fingerprint density at radius 2 is 1.97 bits per heavy atom. The van der Waals surface area contributed by atoms with Crippen molar-refractivity contribution in [1.29, 1.82) is 0 Å². The number of thiophene rings is 1. The quantitative estimate of drug-likeness (QED) is 0.418. The lowest BCUT2D eigenvalue weighted by Crippen LogP contribution is -2.49. The van der Waals surface area contributed by atoms with Crippen LogP contribution in [0.15, 0.2) is 35.1 Å². The summed E-state index contributed by atoms with van der Waals surface area (Å²) in [5, 5.41) is 2.66. The average Bonchev–Trinajstić information content (AvgIpc) is 3.21. The van der Waals surface area contributed by atoms with E-state index in [-0.39, 0.29) is 16.7 Å². The fourth-order valence-electron chi connectivity index (χ4n) is 3.08. The lowest BCUT2D eigenvalue weighted by molar-refractivity contribution is -0.137. The van der Waals surface area contributed by atoms with Crippen LogP contribution in [0.4, 0.5) is 19.0 Å². The highest BCUT2D eigenvalue weighted by atomic mass is 35.5.